The Kier molecular flexibility index (Phi) is 8.82. The van der Waals surface area contributed by atoms with Gasteiger partial charge >= 0.3 is 17.7 Å². The number of phenolic OH excluding ortho intramolecular Hbond substituents is 1. The second-order valence-electron chi connectivity index (χ2n) is 7.79. The molecule has 1 aliphatic heterocycles. The summed E-state index contributed by atoms with van der Waals surface area (Å²) >= 11 is 0. The maximum Gasteiger partial charge on any atom is 0.338 e. The Morgan fingerprint density at radius 3 is 2.68 bits per heavy atom. The number of carbonyl (C=O) groups is 3. The lowest BCUT2D eigenvalue weighted by Crippen LogP contribution is -2.45. The molecule has 0 unspecified atom stereocenters. The van der Waals surface area contributed by atoms with Gasteiger partial charge in [0, 0.05) is 17.3 Å². The quantitative estimate of drug-likeness (QED) is 0.155. The molecular weight excluding hydrogens is 502 g/mol. The van der Waals surface area contributed by atoms with Crippen molar-refractivity contribution >= 4 is 29.8 Å². The van der Waals surface area contributed by atoms with Gasteiger partial charge in [-0.05, 0) is 43.7 Å². The van der Waals surface area contributed by atoms with E-state index in [0.29, 0.717) is 11.3 Å². The Bertz CT molecular complexity index is 1320. The van der Waals surface area contributed by atoms with Crippen LogP contribution in [0.2, 0.25) is 0 Å². The van der Waals surface area contributed by atoms with Crippen LogP contribution in [0.4, 0.5) is 10.5 Å². The van der Waals surface area contributed by atoms with E-state index in [1.54, 1.807) is 26.0 Å². The number of esters is 1. The number of amides is 3. The standard InChI is InChI=1S/C24H25N5O9/c1-4-37-23(32)21-13(2)26-24(33)27-22(21)15-6-8-18(19(10-15)36-3)38-12-20(31)28-25-11-14-5-7-17(30)16(9-14)29(34)35/h5-11,22,30H,4,12H2,1-3H3,(H,28,31)(H2,26,27,33)/b25-11-/t22-/m1/s1. The molecule has 2 aromatic rings. The highest BCUT2D eigenvalue weighted by Gasteiger charge is 2.32. The van der Waals surface area contributed by atoms with Crippen LogP contribution < -0.4 is 25.5 Å². The summed E-state index contributed by atoms with van der Waals surface area (Å²) in [4.78, 5) is 46.9. The van der Waals surface area contributed by atoms with E-state index < -0.39 is 46.9 Å². The van der Waals surface area contributed by atoms with Gasteiger partial charge in [-0.2, -0.15) is 5.10 Å². The zero-order valence-corrected chi connectivity index (χ0v) is 20.6. The van der Waals surface area contributed by atoms with Crippen molar-refractivity contribution in [3.8, 4) is 17.2 Å². The summed E-state index contributed by atoms with van der Waals surface area (Å²) in [5.74, 6) is -1.25. The van der Waals surface area contributed by atoms with Gasteiger partial charge in [0.1, 0.15) is 0 Å². The summed E-state index contributed by atoms with van der Waals surface area (Å²) in [6, 6.07) is 7.02. The predicted molar refractivity (Wildman–Crippen MR) is 133 cm³/mol. The fraction of sp³-hybridized carbons (Fsp3) is 0.250. The molecule has 0 aliphatic carbocycles. The summed E-state index contributed by atoms with van der Waals surface area (Å²) in [6.07, 6.45) is 1.17. The number of rotatable bonds is 10. The van der Waals surface area contributed by atoms with E-state index in [1.165, 1.54) is 25.5 Å². The van der Waals surface area contributed by atoms with Gasteiger partial charge in [-0.15, -0.1) is 0 Å². The Hall–Kier alpha value is -5.14. The molecule has 0 saturated heterocycles. The molecular formula is C24H25N5O9. The van der Waals surface area contributed by atoms with Gasteiger partial charge in [-0.25, -0.2) is 15.0 Å². The van der Waals surface area contributed by atoms with Gasteiger partial charge < -0.3 is 30.0 Å². The average molecular weight is 527 g/mol. The molecule has 1 atom stereocenters. The number of ether oxygens (including phenoxy) is 3. The van der Waals surface area contributed by atoms with Crippen LogP contribution in [0.1, 0.15) is 31.0 Å². The monoisotopic (exact) mass is 527 g/mol. The van der Waals surface area contributed by atoms with E-state index in [4.69, 9.17) is 14.2 Å². The van der Waals surface area contributed by atoms with Crippen molar-refractivity contribution in [2.24, 2.45) is 5.10 Å². The molecule has 14 nitrogen and oxygen atoms in total. The number of nitrogens with zero attached hydrogens (tertiary/aromatic N) is 2. The highest BCUT2D eigenvalue weighted by atomic mass is 16.6. The van der Waals surface area contributed by atoms with E-state index in [9.17, 15) is 29.6 Å². The number of allylic oxidation sites excluding steroid dienone is 1. The number of nitrogens with one attached hydrogen (secondary N) is 3. The number of hydrogen-bond acceptors (Lipinski definition) is 10. The summed E-state index contributed by atoms with van der Waals surface area (Å²) in [5, 5.41) is 29.3. The molecule has 0 fully saturated rings. The molecule has 38 heavy (non-hydrogen) atoms. The van der Waals surface area contributed by atoms with Crippen LogP contribution in [0, 0.1) is 10.1 Å². The van der Waals surface area contributed by atoms with Crippen LogP contribution in [0.15, 0.2) is 52.8 Å². The number of phenols is 1. The number of hydrazone groups is 1. The molecule has 2 aromatic carbocycles. The number of aromatic hydroxyl groups is 1. The lowest BCUT2D eigenvalue weighted by molar-refractivity contribution is -0.385. The van der Waals surface area contributed by atoms with Crippen LogP contribution in [0.25, 0.3) is 0 Å². The second kappa shape index (κ2) is 12.2. The topological polar surface area (TPSA) is 191 Å². The third kappa shape index (κ3) is 6.54. The first-order valence-corrected chi connectivity index (χ1v) is 11.2. The smallest absolute Gasteiger partial charge is 0.338 e. The Morgan fingerprint density at radius 1 is 1.24 bits per heavy atom. The molecule has 0 radical (unpaired) electrons. The lowest BCUT2D eigenvalue weighted by Gasteiger charge is -2.28. The summed E-state index contributed by atoms with van der Waals surface area (Å²) in [6.45, 7) is 2.98. The molecule has 0 aromatic heterocycles. The molecule has 1 aliphatic rings. The number of nitro benzene ring substituents is 1. The van der Waals surface area contributed by atoms with Gasteiger partial charge in [0.15, 0.2) is 23.9 Å². The van der Waals surface area contributed by atoms with Crippen LogP contribution in [0.3, 0.4) is 0 Å². The fourth-order valence-electron chi connectivity index (χ4n) is 3.53. The van der Waals surface area contributed by atoms with Gasteiger partial charge in [0.05, 0.1) is 36.5 Å². The Morgan fingerprint density at radius 2 is 2.00 bits per heavy atom. The molecule has 0 bridgehead atoms. The van der Waals surface area contributed by atoms with Crippen LogP contribution in [-0.2, 0) is 14.3 Å². The maximum atomic E-state index is 12.5. The largest absolute Gasteiger partial charge is 0.502 e. The first-order valence-electron chi connectivity index (χ1n) is 11.2. The maximum absolute atomic E-state index is 12.5. The van der Waals surface area contributed by atoms with Crippen LogP contribution >= 0.6 is 0 Å². The van der Waals surface area contributed by atoms with E-state index in [0.717, 1.165) is 12.1 Å². The first kappa shape index (κ1) is 27.4. The van der Waals surface area contributed by atoms with E-state index in [1.807, 2.05) is 0 Å². The number of urea groups is 1. The molecule has 1 heterocycles. The minimum Gasteiger partial charge on any atom is -0.502 e. The van der Waals surface area contributed by atoms with Crippen molar-refractivity contribution in [1.82, 2.24) is 16.1 Å². The van der Waals surface area contributed by atoms with Gasteiger partial charge in [0.2, 0.25) is 0 Å². The zero-order chi connectivity index (χ0) is 27.8. The molecule has 14 heteroatoms. The van der Waals surface area contributed by atoms with Crippen molar-refractivity contribution in [1.29, 1.82) is 0 Å². The lowest BCUT2D eigenvalue weighted by atomic mass is 9.95. The number of nitro groups is 1. The fourth-order valence-corrected chi connectivity index (χ4v) is 3.53. The summed E-state index contributed by atoms with van der Waals surface area (Å²) in [7, 11) is 1.39. The number of hydrogen-bond donors (Lipinski definition) is 4. The number of benzene rings is 2. The third-order valence-electron chi connectivity index (χ3n) is 5.24. The molecule has 0 saturated carbocycles. The molecule has 200 valence electrons. The van der Waals surface area contributed by atoms with Gasteiger partial charge in [-0.3, -0.25) is 14.9 Å². The highest BCUT2D eigenvalue weighted by Crippen LogP contribution is 2.34. The average Bonchev–Trinajstić information content (AvgIpc) is 2.87. The Balaban J connectivity index is 1.68. The number of methoxy groups -OCH3 is 1. The number of carbonyl (C=O) groups excluding carboxylic acids is 3. The minimum absolute atomic E-state index is 0.160. The van der Waals surface area contributed by atoms with Gasteiger partial charge in [0.25, 0.3) is 5.91 Å². The molecule has 3 rings (SSSR count). The highest BCUT2D eigenvalue weighted by molar-refractivity contribution is 5.95. The minimum atomic E-state index is -0.806. The molecule has 0 spiro atoms. The van der Waals surface area contributed by atoms with Crippen LogP contribution in [-0.4, -0.2) is 54.5 Å². The van der Waals surface area contributed by atoms with E-state index >= 15 is 0 Å². The van der Waals surface area contributed by atoms with Crippen molar-refractivity contribution in [2.75, 3.05) is 20.3 Å². The van der Waals surface area contributed by atoms with Gasteiger partial charge in [-0.1, -0.05) is 6.07 Å². The molecule has 3 amide bonds. The van der Waals surface area contributed by atoms with Crippen molar-refractivity contribution in [2.45, 2.75) is 19.9 Å². The normalized spacial score (nSPS) is 14.9. The first-order chi connectivity index (χ1) is 18.1. The van der Waals surface area contributed by atoms with Crippen molar-refractivity contribution in [3.05, 3.63) is 68.9 Å². The van der Waals surface area contributed by atoms with E-state index in [-0.39, 0.29) is 29.2 Å². The Labute approximate surface area is 216 Å². The van der Waals surface area contributed by atoms with Crippen LogP contribution in [0.5, 0.6) is 17.2 Å². The van der Waals surface area contributed by atoms with Crippen molar-refractivity contribution < 1.29 is 38.6 Å². The van der Waals surface area contributed by atoms with E-state index in [2.05, 4.69) is 21.2 Å². The third-order valence-corrected chi connectivity index (χ3v) is 5.24. The zero-order valence-electron chi connectivity index (χ0n) is 20.6. The SMILES string of the molecule is CCOC(=O)C1=C(C)NC(=O)N[C@@H]1c1ccc(OCC(=O)N/N=C\c2ccc(O)c([N+](=O)[O-])c2)c(OC)c1. The second-order valence-corrected chi connectivity index (χ2v) is 7.79. The van der Waals surface area contributed by atoms with Crippen molar-refractivity contribution in [3.63, 3.8) is 0 Å². The molecule has 4 N–H and O–H groups in total. The summed E-state index contributed by atoms with van der Waals surface area (Å²) < 4.78 is 16.0. The predicted octanol–water partition coefficient (Wildman–Crippen LogP) is 2.03. The summed E-state index contributed by atoms with van der Waals surface area (Å²) in [5.41, 5.74) is 3.12.